The Morgan fingerprint density at radius 3 is 2.40 bits per heavy atom. The third kappa shape index (κ3) is 4.61. The second-order valence-electron chi connectivity index (χ2n) is 4.32. The highest BCUT2D eigenvalue weighted by atomic mass is 16.5. The van der Waals surface area contributed by atoms with Crippen molar-refractivity contribution in [3.63, 3.8) is 0 Å². The van der Waals surface area contributed by atoms with E-state index in [0.29, 0.717) is 6.61 Å². The molecule has 0 atom stereocenters. The van der Waals surface area contributed by atoms with E-state index in [4.69, 9.17) is 9.84 Å². The summed E-state index contributed by atoms with van der Waals surface area (Å²) in [7, 11) is 0. The number of carboxylic acid groups (broad SMARTS) is 1. The van der Waals surface area contributed by atoms with Crippen LogP contribution < -0.4 is 4.74 Å². The van der Waals surface area contributed by atoms with E-state index >= 15 is 0 Å². The summed E-state index contributed by atoms with van der Waals surface area (Å²) in [4.78, 5) is 10.4. The van der Waals surface area contributed by atoms with E-state index in [2.05, 4.69) is 12.1 Å². The van der Waals surface area contributed by atoms with Gasteiger partial charge in [-0.05, 0) is 29.3 Å². The third-order valence-electron chi connectivity index (χ3n) is 2.80. The first-order valence-corrected chi connectivity index (χ1v) is 6.42. The topological polar surface area (TPSA) is 46.5 Å². The zero-order valence-electron chi connectivity index (χ0n) is 11.0. The monoisotopic (exact) mass is 268 g/mol. The molecule has 0 radical (unpaired) electrons. The lowest BCUT2D eigenvalue weighted by atomic mass is 10.2. The minimum absolute atomic E-state index is 0.619. The predicted octanol–water partition coefficient (Wildman–Crippen LogP) is 3.41. The number of aliphatic carboxylic acids is 1. The molecule has 102 valence electrons. The Bertz CT molecular complexity index is 571. The summed E-state index contributed by atoms with van der Waals surface area (Å²) in [6.45, 7) is 0.619. The van der Waals surface area contributed by atoms with Crippen molar-refractivity contribution >= 4 is 12.0 Å². The third-order valence-corrected chi connectivity index (χ3v) is 2.80. The molecule has 2 aromatic rings. The Kier molecular flexibility index (Phi) is 4.95. The second-order valence-corrected chi connectivity index (χ2v) is 4.32. The summed E-state index contributed by atoms with van der Waals surface area (Å²) < 4.78 is 5.65. The first-order valence-electron chi connectivity index (χ1n) is 6.42. The van der Waals surface area contributed by atoms with Gasteiger partial charge >= 0.3 is 5.97 Å². The maximum absolute atomic E-state index is 10.4. The fourth-order valence-electron chi connectivity index (χ4n) is 1.77. The highest BCUT2D eigenvalue weighted by Crippen LogP contribution is 2.13. The molecule has 0 saturated heterocycles. The number of carboxylic acids is 1. The lowest BCUT2D eigenvalue weighted by molar-refractivity contribution is -0.131. The molecule has 0 amide bonds. The molecular weight excluding hydrogens is 252 g/mol. The van der Waals surface area contributed by atoms with E-state index in [1.165, 1.54) is 5.56 Å². The number of benzene rings is 2. The first kappa shape index (κ1) is 13.9. The van der Waals surface area contributed by atoms with Gasteiger partial charge in [-0.15, -0.1) is 0 Å². The van der Waals surface area contributed by atoms with Gasteiger partial charge in [0.05, 0.1) is 6.61 Å². The van der Waals surface area contributed by atoms with Gasteiger partial charge in [-0.1, -0.05) is 42.5 Å². The van der Waals surface area contributed by atoms with E-state index in [0.717, 1.165) is 23.8 Å². The van der Waals surface area contributed by atoms with E-state index in [1.54, 1.807) is 6.08 Å². The first-order chi connectivity index (χ1) is 9.74. The molecule has 0 aliphatic rings. The molecule has 2 rings (SSSR count). The van der Waals surface area contributed by atoms with E-state index in [9.17, 15) is 4.79 Å². The highest BCUT2D eigenvalue weighted by Gasteiger charge is 1.96. The van der Waals surface area contributed by atoms with E-state index < -0.39 is 5.97 Å². The Hall–Kier alpha value is -2.55. The highest BCUT2D eigenvalue weighted by molar-refractivity contribution is 5.85. The maximum Gasteiger partial charge on any atom is 0.328 e. The van der Waals surface area contributed by atoms with Gasteiger partial charge in [-0.2, -0.15) is 0 Å². The van der Waals surface area contributed by atoms with Crippen molar-refractivity contribution in [2.75, 3.05) is 6.61 Å². The van der Waals surface area contributed by atoms with Crippen LogP contribution >= 0.6 is 0 Å². The summed E-state index contributed by atoms with van der Waals surface area (Å²) in [5.41, 5.74) is 2.08. The SMILES string of the molecule is O=C(O)/C=C/c1ccc(OCCc2ccccc2)cc1. The molecular formula is C17H16O3. The van der Waals surface area contributed by atoms with Crippen LogP contribution in [-0.2, 0) is 11.2 Å². The Morgan fingerprint density at radius 2 is 1.75 bits per heavy atom. The summed E-state index contributed by atoms with van der Waals surface area (Å²) in [5.74, 6) is -0.165. The van der Waals surface area contributed by atoms with Gasteiger partial charge in [0.25, 0.3) is 0 Å². The molecule has 3 heteroatoms. The van der Waals surface area contributed by atoms with Crippen LogP contribution in [0.5, 0.6) is 5.75 Å². The quantitative estimate of drug-likeness (QED) is 0.817. The Labute approximate surface area is 118 Å². The number of rotatable bonds is 6. The van der Waals surface area contributed by atoms with E-state index in [-0.39, 0.29) is 0 Å². The smallest absolute Gasteiger partial charge is 0.328 e. The van der Waals surface area contributed by atoms with Crippen LogP contribution in [0, 0.1) is 0 Å². The molecule has 2 aromatic carbocycles. The van der Waals surface area contributed by atoms with Gasteiger partial charge in [0.15, 0.2) is 0 Å². The van der Waals surface area contributed by atoms with Crippen LogP contribution in [-0.4, -0.2) is 17.7 Å². The largest absolute Gasteiger partial charge is 0.493 e. The van der Waals surface area contributed by atoms with Crippen LogP contribution in [0.15, 0.2) is 60.7 Å². The van der Waals surface area contributed by atoms with Crippen molar-refractivity contribution in [2.45, 2.75) is 6.42 Å². The average molecular weight is 268 g/mol. The van der Waals surface area contributed by atoms with E-state index in [1.807, 2.05) is 42.5 Å². The molecule has 0 saturated carbocycles. The average Bonchev–Trinajstić information content (AvgIpc) is 2.47. The molecule has 0 fully saturated rings. The van der Waals surface area contributed by atoms with Crippen molar-refractivity contribution in [1.29, 1.82) is 0 Å². The van der Waals surface area contributed by atoms with Crippen molar-refractivity contribution in [3.05, 3.63) is 71.8 Å². The summed E-state index contributed by atoms with van der Waals surface area (Å²) in [5, 5.41) is 8.54. The molecule has 20 heavy (non-hydrogen) atoms. The molecule has 0 aliphatic heterocycles. The number of hydrogen-bond donors (Lipinski definition) is 1. The van der Waals surface area contributed by atoms with Crippen LogP contribution in [0.3, 0.4) is 0 Å². The number of carbonyl (C=O) groups is 1. The Morgan fingerprint density at radius 1 is 1.05 bits per heavy atom. The minimum Gasteiger partial charge on any atom is -0.493 e. The van der Waals surface area contributed by atoms with Gasteiger partial charge in [0.1, 0.15) is 5.75 Å². The van der Waals surface area contributed by atoms with Crippen LogP contribution in [0.25, 0.3) is 6.08 Å². The van der Waals surface area contributed by atoms with Gasteiger partial charge in [-0.25, -0.2) is 4.79 Å². The number of ether oxygens (including phenoxy) is 1. The molecule has 0 bridgehead atoms. The summed E-state index contributed by atoms with van der Waals surface area (Å²) in [6, 6.07) is 17.5. The fraction of sp³-hybridized carbons (Fsp3) is 0.118. The molecule has 0 heterocycles. The summed E-state index contributed by atoms with van der Waals surface area (Å²) >= 11 is 0. The molecule has 0 aliphatic carbocycles. The van der Waals surface area contributed by atoms with Gasteiger partial charge in [0, 0.05) is 12.5 Å². The van der Waals surface area contributed by atoms with Crippen LogP contribution in [0.2, 0.25) is 0 Å². The van der Waals surface area contributed by atoms with Crippen LogP contribution in [0.4, 0.5) is 0 Å². The van der Waals surface area contributed by atoms with Crippen LogP contribution in [0.1, 0.15) is 11.1 Å². The fourth-order valence-corrected chi connectivity index (χ4v) is 1.77. The predicted molar refractivity (Wildman–Crippen MR) is 78.8 cm³/mol. The van der Waals surface area contributed by atoms with Crippen molar-refractivity contribution in [2.24, 2.45) is 0 Å². The summed E-state index contributed by atoms with van der Waals surface area (Å²) in [6.07, 6.45) is 3.53. The lowest BCUT2D eigenvalue weighted by Crippen LogP contribution is -2.00. The second kappa shape index (κ2) is 7.14. The standard InChI is InChI=1S/C17H16O3/c18-17(19)11-8-15-6-9-16(10-7-15)20-13-12-14-4-2-1-3-5-14/h1-11H,12-13H2,(H,18,19)/b11-8+. The van der Waals surface area contributed by atoms with Gasteiger partial charge in [0.2, 0.25) is 0 Å². The van der Waals surface area contributed by atoms with Gasteiger partial charge < -0.3 is 9.84 Å². The maximum atomic E-state index is 10.4. The zero-order valence-corrected chi connectivity index (χ0v) is 11.0. The van der Waals surface area contributed by atoms with Crippen molar-refractivity contribution < 1.29 is 14.6 Å². The molecule has 1 N–H and O–H groups in total. The molecule has 0 spiro atoms. The van der Waals surface area contributed by atoms with Gasteiger partial charge in [-0.3, -0.25) is 0 Å². The molecule has 0 aromatic heterocycles. The zero-order chi connectivity index (χ0) is 14.2. The van der Waals surface area contributed by atoms with Crippen molar-refractivity contribution in [3.8, 4) is 5.75 Å². The number of hydrogen-bond acceptors (Lipinski definition) is 2. The normalized spacial score (nSPS) is 10.6. The molecule has 0 unspecified atom stereocenters. The van der Waals surface area contributed by atoms with Crippen molar-refractivity contribution in [1.82, 2.24) is 0 Å². The Balaban J connectivity index is 1.83. The molecule has 3 nitrogen and oxygen atoms in total. The lowest BCUT2D eigenvalue weighted by Gasteiger charge is -2.06. The minimum atomic E-state index is -0.951.